The fraction of sp³-hybridized carbons (Fsp3) is 0.562. The maximum absolute atomic E-state index is 11.5. The average Bonchev–Trinajstić information content (AvgIpc) is 2.30. The van der Waals surface area contributed by atoms with Crippen LogP contribution in [-0.4, -0.2) is 18.2 Å². The summed E-state index contributed by atoms with van der Waals surface area (Å²) in [4.78, 5) is 11.5. The van der Waals surface area contributed by atoms with E-state index in [4.69, 9.17) is 4.74 Å². The zero-order valence-corrected chi connectivity index (χ0v) is 12.2. The molecule has 1 aromatic carbocycles. The number of hydrogen-bond acceptors (Lipinski definition) is 2. The highest BCUT2D eigenvalue weighted by atomic mass is 16.5. The van der Waals surface area contributed by atoms with Crippen molar-refractivity contribution in [2.75, 3.05) is 7.11 Å². The molecule has 0 amide bonds. The molecule has 104 valence electrons. The summed E-state index contributed by atoms with van der Waals surface area (Å²) < 4.78 is 5.41. The highest BCUT2D eigenvalue weighted by Gasteiger charge is 2.44. The van der Waals surface area contributed by atoms with Crippen LogP contribution in [0.4, 0.5) is 0 Å². The Hall–Kier alpha value is -1.51. The van der Waals surface area contributed by atoms with Crippen LogP contribution in [-0.2, 0) is 11.2 Å². The molecule has 2 rings (SSSR count). The Morgan fingerprint density at radius 1 is 1.32 bits per heavy atom. The Bertz CT molecular complexity index is 513. The topological polar surface area (TPSA) is 46.5 Å². The van der Waals surface area contributed by atoms with Gasteiger partial charge in [-0.1, -0.05) is 12.5 Å². The molecule has 3 nitrogen and oxygen atoms in total. The van der Waals surface area contributed by atoms with Crippen molar-refractivity contribution in [3.8, 4) is 5.75 Å². The molecule has 1 saturated carbocycles. The Labute approximate surface area is 114 Å². The number of benzene rings is 1. The summed E-state index contributed by atoms with van der Waals surface area (Å²) in [5, 5.41) is 9.45. The SMILES string of the molecule is COc1c(C)cc(CC2(C(=O)O)CCC2)c(C)c1C. The van der Waals surface area contributed by atoms with Gasteiger partial charge in [0.15, 0.2) is 0 Å². The molecule has 1 N–H and O–H groups in total. The Morgan fingerprint density at radius 2 is 1.95 bits per heavy atom. The van der Waals surface area contributed by atoms with E-state index in [0.717, 1.165) is 47.3 Å². The van der Waals surface area contributed by atoms with E-state index < -0.39 is 11.4 Å². The van der Waals surface area contributed by atoms with Gasteiger partial charge in [0.25, 0.3) is 0 Å². The van der Waals surface area contributed by atoms with E-state index in [2.05, 4.69) is 13.0 Å². The van der Waals surface area contributed by atoms with E-state index >= 15 is 0 Å². The van der Waals surface area contributed by atoms with E-state index in [-0.39, 0.29) is 0 Å². The van der Waals surface area contributed by atoms with Crippen molar-refractivity contribution in [3.05, 3.63) is 28.3 Å². The third-order valence-corrected chi connectivity index (χ3v) is 4.63. The minimum Gasteiger partial charge on any atom is -0.496 e. The van der Waals surface area contributed by atoms with Crippen LogP contribution >= 0.6 is 0 Å². The van der Waals surface area contributed by atoms with E-state index in [1.54, 1.807) is 7.11 Å². The van der Waals surface area contributed by atoms with Gasteiger partial charge in [0.1, 0.15) is 5.75 Å². The molecule has 0 unspecified atom stereocenters. The number of aryl methyl sites for hydroxylation is 1. The predicted octanol–water partition coefficient (Wildman–Crippen LogP) is 3.42. The third kappa shape index (κ3) is 2.22. The molecule has 0 saturated heterocycles. The first kappa shape index (κ1) is 13.9. The van der Waals surface area contributed by atoms with Crippen molar-refractivity contribution in [3.63, 3.8) is 0 Å². The number of aliphatic carboxylic acids is 1. The Balaban J connectivity index is 2.39. The first-order valence-corrected chi connectivity index (χ1v) is 6.78. The molecule has 0 spiro atoms. The Morgan fingerprint density at radius 3 is 2.37 bits per heavy atom. The number of ether oxygens (including phenoxy) is 1. The van der Waals surface area contributed by atoms with Gasteiger partial charge < -0.3 is 9.84 Å². The molecule has 1 fully saturated rings. The second-order valence-corrected chi connectivity index (χ2v) is 5.75. The highest BCUT2D eigenvalue weighted by molar-refractivity contribution is 5.76. The molecule has 0 radical (unpaired) electrons. The molecule has 1 aliphatic carbocycles. The van der Waals surface area contributed by atoms with Crippen molar-refractivity contribution in [2.45, 2.75) is 46.5 Å². The third-order valence-electron chi connectivity index (χ3n) is 4.63. The minimum atomic E-state index is -0.649. The fourth-order valence-corrected chi connectivity index (χ4v) is 3.07. The van der Waals surface area contributed by atoms with Crippen LogP contribution in [0.3, 0.4) is 0 Å². The first-order valence-electron chi connectivity index (χ1n) is 6.78. The Kier molecular flexibility index (Phi) is 3.57. The zero-order chi connectivity index (χ0) is 14.2. The van der Waals surface area contributed by atoms with Gasteiger partial charge >= 0.3 is 5.97 Å². The molecule has 0 bridgehead atoms. The summed E-state index contributed by atoms with van der Waals surface area (Å²) >= 11 is 0. The smallest absolute Gasteiger partial charge is 0.309 e. The molecule has 0 aromatic heterocycles. The second-order valence-electron chi connectivity index (χ2n) is 5.75. The lowest BCUT2D eigenvalue weighted by Crippen LogP contribution is -2.40. The number of rotatable bonds is 4. The minimum absolute atomic E-state index is 0.530. The van der Waals surface area contributed by atoms with Gasteiger partial charge in [-0.15, -0.1) is 0 Å². The van der Waals surface area contributed by atoms with Crippen LogP contribution < -0.4 is 4.74 Å². The van der Waals surface area contributed by atoms with Crippen LogP contribution in [0.1, 0.15) is 41.5 Å². The van der Waals surface area contributed by atoms with Crippen LogP contribution in [0.5, 0.6) is 5.75 Å². The fourth-order valence-electron chi connectivity index (χ4n) is 3.07. The maximum atomic E-state index is 11.5. The predicted molar refractivity (Wildman–Crippen MR) is 74.8 cm³/mol. The van der Waals surface area contributed by atoms with Crippen LogP contribution in [0, 0.1) is 26.2 Å². The molecule has 1 aromatic rings. The summed E-state index contributed by atoms with van der Waals surface area (Å²) in [5.74, 6) is 0.267. The molecular formula is C16H22O3. The summed E-state index contributed by atoms with van der Waals surface area (Å²) in [6, 6.07) is 2.09. The molecule has 0 aliphatic heterocycles. The quantitative estimate of drug-likeness (QED) is 0.904. The van der Waals surface area contributed by atoms with Gasteiger partial charge in [-0.3, -0.25) is 4.79 Å². The van der Waals surface area contributed by atoms with Crippen LogP contribution in [0.2, 0.25) is 0 Å². The van der Waals surface area contributed by atoms with Gasteiger partial charge in [0.2, 0.25) is 0 Å². The van der Waals surface area contributed by atoms with Crippen molar-refractivity contribution in [2.24, 2.45) is 5.41 Å². The molecule has 0 heterocycles. The number of carboxylic acid groups (broad SMARTS) is 1. The van der Waals surface area contributed by atoms with Gasteiger partial charge in [0, 0.05) is 0 Å². The lowest BCUT2D eigenvalue weighted by molar-refractivity contribution is -0.154. The number of methoxy groups -OCH3 is 1. The first-order chi connectivity index (χ1) is 8.91. The van der Waals surface area contributed by atoms with Crippen molar-refractivity contribution in [1.82, 2.24) is 0 Å². The summed E-state index contributed by atoms with van der Waals surface area (Å²) in [6.45, 7) is 6.11. The number of carboxylic acids is 1. The lowest BCUT2D eigenvalue weighted by Gasteiger charge is -2.38. The summed E-state index contributed by atoms with van der Waals surface area (Å²) in [5.41, 5.74) is 3.99. The van der Waals surface area contributed by atoms with Gasteiger partial charge in [-0.25, -0.2) is 0 Å². The van der Waals surface area contributed by atoms with Crippen molar-refractivity contribution >= 4 is 5.97 Å². The van der Waals surface area contributed by atoms with Crippen LogP contribution in [0.15, 0.2) is 6.07 Å². The molecular weight excluding hydrogens is 240 g/mol. The lowest BCUT2D eigenvalue weighted by atomic mass is 9.65. The van der Waals surface area contributed by atoms with Gasteiger partial charge in [-0.05, 0) is 62.3 Å². The van der Waals surface area contributed by atoms with Gasteiger partial charge in [0.05, 0.1) is 12.5 Å². The van der Waals surface area contributed by atoms with E-state index in [1.807, 2.05) is 13.8 Å². The van der Waals surface area contributed by atoms with E-state index in [9.17, 15) is 9.90 Å². The van der Waals surface area contributed by atoms with Gasteiger partial charge in [-0.2, -0.15) is 0 Å². The van der Waals surface area contributed by atoms with Crippen molar-refractivity contribution in [1.29, 1.82) is 0 Å². The number of carbonyl (C=O) groups is 1. The normalized spacial score (nSPS) is 16.8. The molecule has 19 heavy (non-hydrogen) atoms. The van der Waals surface area contributed by atoms with E-state index in [0.29, 0.717) is 6.42 Å². The molecule has 0 atom stereocenters. The van der Waals surface area contributed by atoms with Crippen molar-refractivity contribution < 1.29 is 14.6 Å². The zero-order valence-electron chi connectivity index (χ0n) is 12.2. The molecule has 3 heteroatoms. The molecule has 1 aliphatic rings. The second kappa shape index (κ2) is 4.87. The van der Waals surface area contributed by atoms with E-state index in [1.165, 1.54) is 0 Å². The van der Waals surface area contributed by atoms with Crippen LogP contribution in [0.25, 0.3) is 0 Å². The summed E-state index contributed by atoms with van der Waals surface area (Å²) in [6.07, 6.45) is 3.26. The highest BCUT2D eigenvalue weighted by Crippen LogP contribution is 2.45. The standard InChI is InChI=1S/C16H22O3/c1-10-8-13(11(2)12(3)14(10)19-4)9-16(15(17)18)6-5-7-16/h8H,5-7,9H2,1-4H3,(H,17,18). The largest absolute Gasteiger partial charge is 0.496 e. The monoisotopic (exact) mass is 262 g/mol. The number of hydrogen-bond donors (Lipinski definition) is 1. The summed E-state index contributed by atoms with van der Waals surface area (Å²) in [7, 11) is 1.68. The average molecular weight is 262 g/mol. The maximum Gasteiger partial charge on any atom is 0.309 e.